The van der Waals surface area contributed by atoms with Crippen LogP contribution in [-0.2, 0) is 9.53 Å². The van der Waals surface area contributed by atoms with Gasteiger partial charge >= 0.3 is 5.97 Å². The number of ether oxygens (including phenoxy) is 1. The van der Waals surface area contributed by atoms with E-state index in [0.717, 1.165) is 31.6 Å². The van der Waals surface area contributed by atoms with Gasteiger partial charge in [0, 0.05) is 25.7 Å². The lowest BCUT2D eigenvalue weighted by Crippen LogP contribution is -2.45. The Morgan fingerprint density at radius 3 is 2.78 bits per heavy atom. The van der Waals surface area contributed by atoms with Crippen LogP contribution in [0.25, 0.3) is 4.85 Å². The Bertz CT molecular complexity index is 413. The third-order valence-corrected chi connectivity index (χ3v) is 5.62. The maximum absolute atomic E-state index is 11.3. The van der Waals surface area contributed by atoms with Crippen LogP contribution in [0.2, 0.25) is 0 Å². The molecule has 0 saturated heterocycles. The maximum Gasteiger partial charge on any atom is 0.303 e. The molecule has 2 bridgehead atoms. The zero-order valence-corrected chi connectivity index (χ0v) is 11.2. The lowest BCUT2D eigenvalue weighted by molar-refractivity contribution is -0.165. The number of carbonyl (C=O) groups is 1. The van der Waals surface area contributed by atoms with E-state index in [-0.39, 0.29) is 17.6 Å². The molecule has 3 rings (SSSR count). The van der Waals surface area contributed by atoms with Crippen molar-refractivity contribution in [2.75, 3.05) is 0 Å². The Kier molecular flexibility index (Phi) is 2.66. The molecule has 3 nitrogen and oxygen atoms in total. The molecule has 3 aliphatic rings. The third-order valence-electron chi connectivity index (χ3n) is 5.62. The Balaban J connectivity index is 1.77. The summed E-state index contributed by atoms with van der Waals surface area (Å²) in [4.78, 5) is 15.0. The molecular formula is C15H21NO2. The van der Waals surface area contributed by atoms with Crippen LogP contribution in [0.4, 0.5) is 0 Å². The van der Waals surface area contributed by atoms with Gasteiger partial charge in [-0.25, -0.2) is 6.57 Å². The molecule has 6 unspecified atom stereocenters. The summed E-state index contributed by atoms with van der Waals surface area (Å²) in [6.45, 7) is 10.8. The smallest absolute Gasteiger partial charge is 0.303 e. The fourth-order valence-electron chi connectivity index (χ4n) is 5.09. The summed E-state index contributed by atoms with van der Waals surface area (Å²) < 4.78 is 5.64. The number of rotatable bonds is 1. The van der Waals surface area contributed by atoms with Crippen LogP contribution in [0.15, 0.2) is 0 Å². The minimum Gasteiger partial charge on any atom is -0.459 e. The quantitative estimate of drug-likeness (QED) is 0.526. The highest BCUT2D eigenvalue weighted by Gasteiger charge is 2.61. The minimum absolute atomic E-state index is 0.142. The largest absolute Gasteiger partial charge is 0.459 e. The molecule has 18 heavy (non-hydrogen) atoms. The van der Waals surface area contributed by atoms with Crippen LogP contribution in [0, 0.1) is 30.2 Å². The van der Waals surface area contributed by atoms with Gasteiger partial charge in [0.25, 0.3) is 0 Å². The van der Waals surface area contributed by atoms with Crippen molar-refractivity contribution in [3.05, 3.63) is 11.4 Å². The van der Waals surface area contributed by atoms with E-state index < -0.39 is 0 Å². The molecule has 3 heteroatoms. The molecule has 0 aromatic rings. The van der Waals surface area contributed by atoms with Crippen molar-refractivity contribution < 1.29 is 9.53 Å². The molecular weight excluding hydrogens is 226 g/mol. The fraction of sp³-hybridized carbons (Fsp3) is 0.867. The van der Waals surface area contributed by atoms with Gasteiger partial charge in [0.1, 0.15) is 5.60 Å². The normalized spacial score (nSPS) is 49.5. The van der Waals surface area contributed by atoms with Crippen molar-refractivity contribution in [2.24, 2.45) is 23.7 Å². The average Bonchev–Trinajstić information content (AvgIpc) is 2.82. The molecule has 3 aliphatic carbocycles. The predicted molar refractivity (Wildman–Crippen MR) is 67.6 cm³/mol. The summed E-state index contributed by atoms with van der Waals surface area (Å²) in [7, 11) is 0. The molecule has 0 radical (unpaired) electrons. The molecule has 6 atom stereocenters. The second-order valence-electron chi connectivity index (χ2n) is 6.64. The van der Waals surface area contributed by atoms with E-state index in [1.165, 1.54) is 13.3 Å². The molecule has 0 spiro atoms. The Morgan fingerprint density at radius 2 is 2.11 bits per heavy atom. The highest BCUT2D eigenvalue weighted by atomic mass is 16.6. The first-order valence-electron chi connectivity index (χ1n) is 7.09. The van der Waals surface area contributed by atoms with E-state index >= 15 is 0 Å². The minimum atomic E-state index is -0.220. The highest BCUT2D eigenvalue weighted by molar-refractivity contribution is 5.66. The van der Waals surface area contributed by atoms with Gasteiger partial charge in [-0.05, 0) is 43.9 Å². The molecule has 0 amide bonds. The molecule has 0 N–H and O–H groups in total. The van der Waals surface area contributed by atoms with Crippen LogP contribution in [0.3, 0.4) is 0 Å². The monoisotopic (exact) mass is 247 g/mol. The summed E-state index contributed by atoms with van der Waals surface area (Å²) in [6, 6.07) is 0.255. The first-order valence-corrected chi connectivity index (χ1v) is 7.09. The van der Waals surface area contributed by atoms with E-state index in [0.29, 0.717) is 17.8 Å². The van der Waals surface area contributed by atoms with Gasteiger partial charge < -0.3 is 9.58 Å². The van der Waals surface area contributed by atoms with Gasteiger partial charge in [0.05, 0.1) is 0 Å². The topological polar surface area (TPSA) is 30.7 Å². The summed E-state index contributed by atoms with van der Waals surface area (Å²) >= 11 is 0. The molecule has 98 valence electrons. The summed E-state index contributed by atoms with van der Waals surface area (Å²) in [5.41, 5.74) is -0.220. The zero-order valence-electron chi connectivity index (χ0n) is 11.2. The van der Waals surface area contributed by atoms with Crippen LogP contribution < -0.4 is 0 Å². The Labute approximate surface area is 109 Å². The fourth-order valence-corrected chi connectivity index (χ4v) is 5.09. The van der Waals surface area contributed by atoms with Crippen molar-refractivity contribution in [1.82, 2.24) is 0 Å². The van der Waals surface area contributed by atoms with E-state index in [2.05, 4.69) is 11.8 Å². The second kappa shape index (κ2) is 3.98. The average molecular weight is 247 g/mol. The van der Waals surface area contributed by atoms with Crippen LogP contribution in [-0.4, -0.2) is 17.6 Å². The molecule has 0 heterocycles. The first kappa shape index (κ1) is 12.0. The van der Waals surface area contributed by atoms with Crippen molar-refractivity contribution in [3.63, 3.8) is 0 Å². The Morgan fingerprint density at radius 1 is 1.33 bits per heavy atom. The summed E-state index contributed by atoms with van der Waals surface area (Å²) in [5.74, 6) is 2.52. The summed E-state index contributed by atoms with van der Waals surface area (Å²) in [6.07, 6.45) is 5.53. The molecule has 0 aromatic carbocycles. The van der Waals surface area contributed by atoms with Crippen LogP contribution in [0.5, 0.6) is 0 Å². The van der Waals surface area contributed by atoms with Gasteiger partial charge in [-0.1, -0.05) is 0 Å². The number of nitrogens with zero attached hydrogens (tertiary/aromatic N) is 1. The van der Waals surface area contributed by atoms with Gasteiger partial charge in [-0.3, -0.25) is 4.79 Å². The maximum atomic E-state index is 11.3. The zero-order chi connectivity index (χ0) is 12.9. The van der Waals surface area contributed by atoms with E-state index in [4.69, 9.17) is 11.3 Å². The van der Waals surface area contributed by atoms with Gasteiger partial charge in [-0.15, -0.1) is 0 Å². The van der Waals surface area contributed by atoms with E-state index in [1.807, 2.05) is 0 Å². The SMILES string of the molecule is [C-]#[N+]C1CCC2C(C1)C1CC2C(C)(OC(C)=O)C1. The number of carbonyl (C=O) groups excluding carboxylic acids is 1. The molecule has 3 saturated carbocycles. The van der Waals surface area contributed by atoms with Crippen molar-refractivity contribution in [2.45, 2.75) is 57.6 Å². The summed E-state index contributed by atoms with van der Waals surface area (Å²) in [5, 5.41) is 0. The number of esters is 1. The van der Waals surface area contributed by atoms with Crippen molar-refractivity contribution in [1.29, 1.82) is 0 Å². The Hall–Kier alpha value is -1.04. The lowest BCUT2D eigenvalue weighted by atomic mass is 9.65. The highest BCUT2D eigenvalue weighted by Crippen LogP contribution is 2.62. The van der Waals surface area contributed by atoms with E-state index in [1.54, 1.807) is 0 Å². The van der Waals surface area contributed by atoms with Gasteiger partial charge in [0.15, 0.2) is 0 Å². The number of hydrogen-bond acceptors (Lipinski definition) is 2. The standard InChI is InChI=1S/C15H21NO2/c1-9(17)18-15(2)8-10-6-14(15)12-5-4-11(16-3)7-13(10)12/h10-14H,4-8H2,1-2H3. The second-order valence-corrected chi connectivity index (χ2v) is 6.64. The van der Waals surface area contributed by atoms with Gasteiger partial charge in [-0.2, -0.15) is 0 Å². The molecule has 3 fully saturated rings. The first-order chi connectivity index (χ1) is 8.53. The molecule has 0 aliphatic heterocycles. The van der Waals surface area contributed by atoms with Gasteiger partial charge in [0.2, 0.25) is 6.04 Å². The predicted octanol–water partition coefficient (Wildman–Crippen LogP) is 3.05. The van der Waals surface area contributed by atoms with Crippen molar-refractivity contribution >= 4 is 5.97 Å². The number of fused-ring (bicyclic) bond motifs is 5. The molecule has 0 aromatic heterocycles. The van der Waals surface area contributed by atoms with Crippen LogP contribution in [0.1, 0.15) is 46.0 Å². The van der Waals surface area contributed by atoms with Crippen molar-refractivity contribution in [3.8, 4) is 0 Å². The van der Waals surface area contributed by atoms with Crippen LogP contribution >= 0.6 is 0 Å². The van der Waals surface area contributed by atoms with E-state index in [9.17, 15) is 4.79 Å². The lowest BCUT2D eigenvalue weighted by Gasteiger charge is -2.44. The number of hydrogen-bond donors (Lipinski definition) is 0. The third kappa shape index (κ3) is 1.66.